The number of rotatable bonds is 8. The molecule has 0 heterocycles. The zero-order chi connectivity index (χ0) is 22.4. The van der Waals surface area contributed by atoms with Crippen molar-refractivity contribution in [1.82, 2.24) is 0 Å². The van der Waals surface area contributed by atoms with E-state index in [1.165, 1.54) is 42.7 Å². The van der Waals surface area contributed by atoms with Crippen molar-refractivity contribution in [2.45, 2.75) is 11.3 Å². The van der Waals surface area contributed by atoms with Crippen molar-refractivity contribution in [2.24, 2.45) is 0 Å². The van der Waals surface area contributed by atoms with E-state index in [1.807, 2.05) is 0 Å². The summed E-state index contributed by atoms with van der Waals surface area (Å²) in [7, 11) is -0.736. The van der Waals surface area contributed by atoms with Crippen LogP contribution >= 0.6 is 0 Å². The highest BCUT2D eigenvalue weighted by atomic mass is 32.2. The van der Waals surface area contributed by atoms with Crippen molar-refractivity contribution in [1.29, 1.82) is 0 Å². The average molecular weight is 439 g/mol. The lowest BCUT2D eigenvalue weighted by Crippen LogP contribution is -2.26. The Morgan fingerprint density at radius 3 is 2.10 bits per heavy atom. The Morgan fingerprint density at radius 2 is 1.52 bits per heavy atom. The number of ether oxygens (including phenoxy) is 1. The highest BCUT2D eigenvalue weighted by Gasteiger charge is 2.21. The smallest absolute Gasteiger partial charge is 0.264 e. The molecule has 0 radical (unpaired) electrons. The van der Waals surface area contributed by atoms with Gasteiger partial charge >= 0.3 is 0 Å². The van der Waals surface area contributed by atoms with Gasteiger partial charge in [-0.1, -0.05) is 18.2 Å². The fourth-order valence-electron chi connectivity index (χ4n) is 2.88. The number of carbonyl (C=O) groups is 2. The molecule has 8 heteroatoms. The van der Waals surface area contributed by atoms with Crippen molar-refractivity contribution in [3.63, 3.8) is 0 Å². The number of anilines is 2. The lowest BCUT2D eigenvalue weighted by molar-refractivity contribution is -0.115. The van der Waals surface area contributed by atoms with Crippen LogP contribution in [-0.4, -0.2) is 34.3 Å². The van der Waals surface area contributed by atoms with Gasteiger partial charge in [-0.25, -0.2) is 8.42 Å². The average Bonchev–Trinajstić information content (AvgIpc) is 2.79. The van der Waals surface area contributed by atoms with Crippen molar-refractivity contribution in [3.8, 4) is 5.75 Å². The molecule has 0 aliphatic carbocycles. The standard InChI is InChI=1S/C23H22N2O5S/c1-25(19-6-4-3-5-7-19)31(28,29)21-14-10-18(11-15-21)24-23(27)16-22(26)17-8-12-20(30-2)13-9-17/h3-15H,16H2,1-2H3,(H,24,27). The summed E-state index contributed by atoms with van der Waals surface area (Å²) in [6.07, 6.45) is -0.330. The molecule has 3 rings (SSSR count). The molecule has 0 aliphatic heterocycles. The normalized spacial score (nSPS) is 10.9. The summed E-state index contributed by atoms with van der Waals surface area (Å²) in [6.45, 7) is 0. The maximum absolute atomic E-state index is 12.8. The number of nitrogens with zero attached hydrogens (tertiary/aromatic N) is 1. The van der Waals surface area contributed by atoms with Gasteiger partial charge in [-0.3, -0.25) is 13.9 Å². The SMILES string of the molecule is COc1ccc(C(=O)CC(=O)Nc2ccc(S(=O)(=O)N(C)c3ccccc3)cc2)cc1. The van der Waals surface area contributed by atoms with E-state index in [1.54, 1.807) is 54.6 Å². The van der Waals surface area contributed by atoms with E-state index in [-0.39, 0.29) is 17.1 Å². The molecule has 1 N–H and O–H groups in total. The first kappa shape index (κ1) is 22.0. The van der Waals surface area contributed by atoms with Crippen LogP contribution in [0.25, 0.3) is 0 Å². The van der Waals surface area contributed by atoms with Gasteiger partial charge in [-0.2, -0.15) is 0 Å². The van der Waals surface area contributed by atoms with Gasteiger partial charge in [0.05, 0.1) is 24.1 Å². The van der Waals surface area contributed by atoms with Crippen LogP contribution in [0.2, 0.25) is 0 Å². The molecule has 0 unspecified atom stereocenters. The third kappa shape index (κ3) is 5.29. The second-order valence-electron chi connectivity index (χ2n) is 6.71. The first-order chi connectivity index (χ1) is 14.8. The lowest BCUT2D eigenvalue weighted by Gasteiger charge is -2.19. The topological polar surface area (TPSA) is 92.8 Å². The van der Waals surface area contributed by atoms with E-state index in [9.17, 15) is 18.0 Å². The number of carbonyl (C=O) groups excluding carboxylic acids is 2. The molecular weight excluding hydrogens is 416 g/mol. The maximum Gasteiger partial charge on any atom is 0.264 e. The van der Waals surface area contributed by atoms with Crippen LogP contribution in [0.4, 0.5) is 11.4 Å². The zero-order valence-corrected chi connectivity index (χ0v) is 17.9. The molecule has 3 aromatic rings. The molecule has 0 atom stereocenters. The minimum Gasteiger partial charge on any atom is -0.497 e. The van der Waals surface area contributed by atoms with Crippen molar-refractivity contribution >= 4 is 33.1 Å². The minimum atomic E-state index is -3.74. The quantitative estimate of drug-likeness (QED) is 0.427. The van der Waals surface area contributed by atoms with E-state index in [4.69, 9.17) is 4.74 Å². The van der Waals surface area contributed by atoms with Crippen LogP contribution in [0.5, 0.6) is 5.75 Å². The Bertz CT molecular complexity index is 1160. The van der Waals surface area contributed by atoms with Crippen molar-refractivity contribution < 1.29 is 22.7 Å². The predicted octanol–water partition coefficient (Wildman–Crippen LogP) is 3.73. The Kier molecular flexibility index (Phi) is 6.71. The Hall–Kier alpha value is -3.65. The van der Waals surface area contributed by atoms with E-state index >= 15 is 0 Å². The minimum absolute atomic E-state index is 0.0890. The fourth-order valence-corrected chi connectivity index (χ4v) is 4.07. The molecule has 1 amide bonds. The molecule has 31 heavy (non-hydrogen) atoms. The first-order valence-corrected chi connectivity index (χ1v) is 10.9. The molecule has 0 aromatic heterocycles. The molecule has 0 saturated carbocycles. The van der Waals surface area contributed by atoms with Gasteiger partial charge in [-0.15, -0.1) is 0 Å². The summed E-state index contributed by atoms with van der Waals surface area (Å²) in [6, 6.07) is 21.0. The Balaban J connectivity index is 1.64. The molecule has 160 valence electrons. The third-order valence-corrected chi connectivity index (χ3v) is 6.45. The molecule has 0 bridgehead atoms. The summed E-state index contributed by atoms with van der Waals surface area (Å²) in [5.74, 6) is -0.199. The van der Waals surface area contributed by atoms with E-state index in [0.717, 1.165) is 0 Å². The highest BCUT2D eigenvalue weighted by molar-refractivity contribution is 7.92. The van der Waals surface area contributed by atoms with Gasteiger partial charge in [0.2, 0.25) is 5.91 Å². The molecule has 0 aliphatic rings. The maximum atomic E-state index is 12.8. The molecule has 0 saturated heterocycles. The van der Waals surface area contributed by atoms with Gasteiger partial charge in [0, 0.05) is 18.3 Å². The monoisotopic (exact) mass is 438 g/mol. The second kappa shape index (κ2) is 9.44. The van der Waals surface area contributed by atoms with Crippen LogP contribution < -0.4 is 14.4 Å². The molecule has 3 aromatic carbocycles. The van der Waals surface area contributed by atoms with Gasteiger partial charge < -0.3 is 10.1 Å². The van der Waals surface area contributed by atoms with Gasteiger partial charge in [0.15, 0.2) is 5.78 Å². The predicted molar refractivity (Wildman–Crippen MR) is 119 cm³/mol. The van der Waals surface area contributed by atoms with Crippen molar-refractivity contribution in [2.75, 3.05) is 23.8 Å². The Labute approximate surface area is 181 Å². The number of ketones is 1. The highest BCUT2D eigenvalue weighted by Crippen LogP contribution is 2.23. The second-order valence-corrected chi connectivity index (χ2v) is 8.68. The molecule has 0 spiro atoms. The number of benzene rings is 3. The number of Topliss-reactive ketones (excluding diaryl/α,β-unsaturated/α-hetero) is 1. The third-order valence-electron chi connectivity index (χ3n) is 4.65. The van der Waals surface area contributed by atoms with Crippen LogP contribution in [0.15, 0.2) is 83.8 Å². The summed E-state index contributed by atoms with van der Waals surface area (Å²) < 4.78 is 31.8. The summed E-state index contributed by atoms with van der Waals surface area (Å²) in [5, 5.41) is 2.61. The van der Waals surface area contributed by atoms with E-state index in [2.05, 4.69) is 5.32 Å². The molecule has 7 nitrogen and oxygen atoms in total. The summed E-state index contributed by atoms with van der Waals surface area (Å²) in [5.41, 5.74) is 1.34. The van der Waals surface area contributed by atoms with Crippen LogP contribution in [0.3, 0.4) is 0 Å². The number of para-hydroxylation sites is 1. The fraction of sp³-hybridized carbons (Fsp3) is 0.130. The number of nitrogens with one attached hydrogen (secondary N) is 1. The summed E-state index contributed by atoms with van der Waals surface area (Å²) >= 11 is 0. The molecule has 0 fully saturated rings. The van der Waals surface area contributed by atoms with Gasteiger partial charge in [0.25, 0.3) is 10.0 Å². The van der Waals surface area contributed by atoms with Crippen molar-refractivity contribution in [3.05, 3.63) is 84.4 Å². The number of hydrogen-bond acceptors (Lipinski definition) is 5. The van der Waals surface area contributed by atoms with Crippen LogP contribution in [-0.2, 0) is 14.8 Å². The first-order valence-electron chi connectivity index (χ1n) is 9.42. The number of methoxy groups -OCH3 is 1. The lowest BCUT2D eigenvalue weighted by atomic mass is 10.1. The number of amides is 1. The van der Waals surface area contributed by atoms with Gasteiger partial charge in [-0.05, 0) is 60.7 Å². The number of sulfonamides is 1. The Morgan fingerprint density at radius 1 is 0.903 bits per heavy atom. The largest absolute Gasteiger partial charge is 0.497 e. The van der Waals surface area contributed by atoms with Crippen LogP contribution in [0, 0.1) is 0 Å². The number of hydrogen-bond donors (Lipinski definition) is 1. The molecular formula is C23H22N2O5S. The van der Waals surface area contributed by atoms with E-state index < -0.39 is 15.9 Å². The van der Waals surface area contributed by atoms with Crippen LogP contribution in [0.1, 0.15) is 16.8 Å². The van der Waals surface area contributed by atoms with Gasteiger partial charge in [0.1, 0.15) is 5.75 Å². The van der Waals surface area contributed by atoms with E-state index in [0.29, 0.717) is 22.7 Å². The summed E-state index contributed by atoms with van der Waals surface area (Å²) in [4.78, 5) is 24.6. The zero-order valence-electron chi connectivity index (χ0n) is 17.1.